The summed E-state index contributed by atoms with van der Waals surface area (Å²) in [5.41, 5.74) is 1.12. The van der Waals surface area contributed by atoms with Crippen molar-refractivity contribution >= 4 is 21.7 Å². The maximum Gasteiger partial charge on any atom is 0.130 e. The summed E-state index contributed by atoms with van der Waals surface area (Å²) >= 11 is 3.44. The zero-order valence-electron chi connectivity index (χ0n) is 8.80. The summed E-state index contributed by atoms with van der Waals surface area (Å²) < 4.78 is 1.06. The molecule has 1 nitrogen and oxygen atoms in total. The molecule has 1 aromatic carbocycles. The molecule has 14 heavy (non-hydrogen) atoms. The van der Waals surface area contributed by atoms with E-state index in [0.29, 0.717) is 6.42 Å². The Balaban J connectivity index is 2.97. The summed E-state index contributed by atoms with van der Waals surface area (Å²) in [6.07, 6.45) is 0.587. The van der Waals surface area contributed by atoms with Gasteiger partial charge >= 0.3 is 0 Å². The first kappa shape index (κ1) is 11.4. The summed E-state index contributed by atoms with van der Waals surface area (Å²) in [6.45, 7) is 5.83. The molecule has 0 unspecified atom stereocenters. The fraction of sp³-hybridized carbons (Fsp3) is 0.417. The molecule has 0 aliphatic rings. The summed E-state index contributed by atoms with van der Waals surface area (Å²) in [5.74, 6) is 0.231. The Labute approximate surface area is 93.7 Å². The minimum Gasteiger partial charge on any atom is -0.300 e. The fourth-order valence-corrected chi connectivity index (χ4v) is 2.03. The van der Waals surface area contributed by atoms with Crippen LogP contribution in [0.4, 0.5) is 0 Å². The van der Waals surface area contributed by atoms with Crippen LogP contribution in [0.25, 0.3) is 0 Å². The van der Waals surface area contributed by atoms with Gasteiger partial charge in [0.1, 0.15) is 5.78 Å². The van der Waals surface area contributed by atoms with Crippen molar-refractivity contribution < 1.29 is 4.79 Å². The van der Waals surface area contributed by atoms with Crippen molar-refractivity contribution in [1.82, 2.24) is 0 Å². The number of benzene rings is 1. The molecule has 0 aliphatic heterocycles. The molecule has 0 amide bonds. The third-order valence-corrected chi connectivity index (χ3v) is 2.79. The van der Waals surface area contributed by atoms with Gasteiger partial charge in [0.15, 0.2) is 0 Å². The minimum atomic E-state index is -0.0738. The van der Waals surface area contributed by atoms with Gasteiger partial charge in [-0.15, -0.1) is 0 Å². The lowest BCUT2D eigenvalue weighted by atomic mass is 9.80. The van der Waals surface area contributed by atoms with E-state index < -0.39 is 0 Å². The second-order valence-corrected chi connectivity index (χ2v) is 5.19. The lowest BCUT2D eigenvalue weighted by molar-refractivity contribution is -0.118. The van der Waals surface area contributed by atoms with Crippen molar-refractivity contribution in [2.75, 3.05) is 0 Å². The summed E-state index contributed by atoms with van der Waals surface area (Å²) in [4.78, 5) is 11.1. The van der Waals surface area contributed by atoms with E-state index >= 15 is 0 Å². The minimum absolute atomic E-state index is 0.0738. The highest BCUT2D eigenvalue weighted by atomic mass is 79.9. The first-order chi connectivity index (χ1) is 6.42. The summed E-state index contributed by atoms with van der Waals surface area (Å²) in [5, 5.41) is 0. The number of hydrogen-bond donors (Lipinski definition) is 0. The van der Waals surface area contributed by atoms with Gasteiger partial charge in [-0.1, -0.05) is 41.9 Å². The Morgan fingerprint density at radius 3 is 2.57 bits per heavy atom. The Morgan fingerprint density at radius 1 is 1.43 bits per heavy atom. The van der Waals surface area contributed by atoms with E-state index in [2.05, 4.69) is 41.9 Å². The maximum absolute atomic E-state index is 11.1. The quantitative estimate of drug-likeness (QED) is 0.804. The average molecular weight is 255 g/mol. The Morgan fingerprint density at radius 2 is 2.07 bits per heavy atom. The number of carbonyl (C=O) groups excluding carboxylic acids is 1. The van der Waals surface area contributed by atoms with Gasteiger partial charge < -0.3 is 0 Å². The maximum atomic E-state index is 11.1. The van der Waals surface area contributed by atoms with Crippen LogP contribution in [-0.4, -0.2) is 5.78 Å². The SMILES string of the molecule is CC(=O)CC(C)(C)c1cccc(Br)c1. The van der Waals surface area contributed by atoms with Crippen molar-refractivity contribution in [3.8, 4) is 0 Å². The molecule has 2 heteroatoms. The van der Waals surface area contributed by atoms with E-state index in [0.717, 1.165) is 4.47 Å². The molecule has 0 atom stereocenters. The molecular formula is C12H15BrO. The molecule has 0 N–H and O–H groups in total. The Hall–Kier alpha value is -0.630. The lowest BCUT2D eigenvalue weighted by Gasteiger charge is -2.24. The molecule has 0 spiro atoms. The van der Waals surface area contributed by atoms with Gasteiger partial charge in [0.05, 0.1) is 0 Å². The zero-order chi connectivity index (χ0) is 10.8. The average Bonchev–Trinajstić information content (AvgIpc) is 2.01. The van der Waals surface area contributed by atoms with E-state index in [1.807, 2.05) is 12.1 Å². The third kappa shape index (κ3) is 2.95. The fourth-order valence-electron chi connectivity index (χ4n) is 1.63. The lowest BCUT2D eigenvalue weighted by Crippen LogP contribution is -2.20. The predicted molar refractivity (Wildman–Crippen MR) is 62.5 cm³/mol. The standard InChI is InChI=1S/C12H15BrO/c1-9(14)8-12(2,3)10-5-4-6-11(13)7-10/h4-7H,8H2,1-3H3. The van der Waals surface area contributed by atoms with E-state index in [-0.39, 0.29) is 11.2 Å². The van der Waals surface area contributed by atoms with Crippen LogP contribution in [0.2, 0.25) is 0 Å². The molecule has 0 saturated carbocycles. The molecule has 0 radical (unpaired) electrons. The van der Waals surface area contributed by atoms with Gasteiger partial charge in [0.25, 0.3) is 0 Å². The molecule has 1 aromatic rings. The van der Waals surface area contributed by atoms with Gasteiger partial charge in [0, 0.05) is 10.9 Å². The number of hydrogen-bond acceptors (Lipinski definition) is 1. The number of halogens is 1. The highest BCUT2D eigenvalue weighted by Gasteiger charge is 2.22. The van der Waals surface area contributed by atoms with Gasteiger partial charge in [-0.25, -0.2) is 0 Å². The molecule has 1 rings (SSSR count). The van der Waals surface area contributed by atoms with Crippen molar-refractivity contribution in [2.24, 2.45) is 0 Å². The molecule has 0 aromatic heterocycles. The van der Waals surface area contributed by atoms with Crippen molar-refractivity contribution in [3.05, 3.63) is 34.3 Å². The molecule has 0 fully saturated rings. The van der Waals surface area contributed by atoms with Crippen LogP contribution in [0.15, 0.2) is 28.7 Å². The number of rotatable bonds is 3. The molecule has 0 aliphatic carbocycles. The van der Waals surface area contributed by atoms with E-state index in [1.54, 1.807) is 6.92 Å². The van der Waals surface area contributed by atoms with E-state index in [1.165, 1.54) is 5.56 Å². The van der Waals surface area contributed by atoms with Crippen molar-refractivity contribution in [3.63, 3.8) is 0 Å². The van der Waals surface area contributed by atoms with E-state index in [9.17, 15) is 4.79 Å². The van der Waals surface area contributed by atoms with E-state index in [4.69, 9.17) is 0 Å². The summed E-state index contributed by atoms with van der Waals surface area (Å²) in [6, 6.07) is 8.13. The molecule has 76 valence electrons. The largest absolute Gasteiger partial charge is 0.300 e. The molecule has 0 saturated heterocycles. The normalized spacial score (nSPS) is 11.4. The molecular weight excluding hydrogens is 240 g/mol. The van der Waals surface area contributed by atoms with Crippen LogP contribution in [-0.2, 0) is 10.2 Å². The highest BCUT2D eigenvalue weighted by molar-refractivity contribution is 9.10. The van der Waals surface area contributed by atoms with Crippen LogP contribution in [0.3, 0.4) is 0 Å². The molecule has 0 heterocycles. The van der Waals surface area contributed by atoms with Crippen molar-refractivity contribution in [2.45, 2.75) is 32.6 Å². The van der Waals surface area contributed by atoms with Crippen LogP contribution in [0.1, 0.15) is 32.8 Å². The zero-order valence-corrected chi connectivity index (χ0v) is 10.4. The Kier molecular flexibility index (Phi) is 3.48. The number of ketones is 1. The van der Waals surface area contributed by atoms with Crippen LogP contribution in [0, 0.1) is 0 Å². The van der Waals surface area contributed by atoms with Gasteiger partial charge in [0.2, 0.25) is 0 Å². The smallest absolute Gasteiger partial charge is 0.130 e. The first-order valence-electron chi connectivity index (χ1n) is 4.67. The van der Waals surface area contributed by atoms with Crippen molar-refractivity contribution in [1.29, 1.82) is 0 Å². The van der Waals surface area contributed by atoms with Gasteiger partial charge in [-0.2, -0.15) is 0 Å². The van der Waals surface area contributed by atoms with Gasteiger partial charge in [-0.05, 0) is 30.0 Å². The molecule has 0 bridgehead atoms. The second kappa shape index (κ2) is 4.26. The number of Topliss-reactive ketones (excluding diaryl/α,β-unsaturated/α-hetero) is 1. The van der Waals surface area contributed by atoms with Crippen LogP contribution < -0.4 is 0 Å². The topological polar surface area (TPSA) is 17.1 Å². The second-order valence-electron chi connectivity index (χ2n) is 4.27. The van der Waals surface area contributed by atoms with Crippen LogP contribution >= 0.6 is 15.9 Å². The van der Waals surface area contributed by atoms with Gasteiger partial charge in [-0.3, -0.25) is 4.79 Å². The number of carbonyl (C=O) groups is 1. The highest BCUT2D eigenvalue weighted by Crippen LogP contribution is 2.28. The Bertz CT molecular complexity index is 342. The summed E-state index contributed by atoms with van der Waals surface area (Å²) in [7, 11) is 0. The predicted octanol–water partition coefficient (Wildman–Crippen LogP) is 3.71. The monoisotopic (exact) mass is 254 g/mol. The van der Waals surface area contributed by atoms with Crippen LogP contribution in [0.5, 0.6) is 0 Å². The first-order valence-corrected chi connectivity index (χ1v) is 5.46. The third-order valence-electron chi connectivity index (χ3n) is 2.30.